The fourth-order valence-electron chi connectivity index (χ4n) is 4.34. The standard InChI is InChI=1S/C23H30N2O5S/c1-14-7-6-10-18(15(14)2)24-20(26)13-30-23(29)19(11-12-31-3)25-21(27)16-8-4-5-9-17(16)22(25)28/h4-5,8-9,14-15,18-19H,6-7,10-13H2,1-3H3,(H,24,26). The Morgan fingerprint density at radius 1 is 1.16 bits per heavy atom. The van der Waals surface area contributed by atoms with E-state index in [1.165, 1.54) is 11.8 Å². The second-order valence-electron chi connectivity index (χ2n) is 8.37. The Labute approximate surface area is 187 Å². The lowest BCUT2D eigenvalue weighted by Gasteiger charge is -2.34. The number of hydrogen-bond donors (Lipinski definition) is 1. The summed E-state index contributed by atoms with van der Waals surface area (Å²) in [5.41, 5.74) is 0.570. The Balaban J connectivity index is 1.63. The molecule has 1 aliphatic heterocycles. The molecule has 0 aromatic heterocycles. The van der Waals surface area contributed by atoms with E-state index in [-0.39, 0.29) is 29.5 Å². The van der Waals surface area contributed by atoms with Crippen molar-refractivity contribution in [2.75, 3.05) is 18.6 Å². The van der Waals surface area contributed by atoms with Crippen LogP contribution in [0.3, 0.4) is 0 Å². The molecule has 1 saturated carbocycles. The number of fused-ring (bicyclic) bond motifs is 1. The number of ether oxygens (including phenoxy) is 1. The summed E-state index contributed by atoms with van der Waals surface area (Å²) >= 11 is 1.50. The third kappa shape index (κ3) is 5.11. The van der Waals surface area contributed by atoms with E-state index in [1.807, 2.05) is 6.26 Å². The predicted octanol–water partition coefficient (Wildman–Crippen LogP) is 2.89. The zero-order valence-corrected chi connectivity index (χ0v) is 19.1. The first kappa shape index (κ1) is 23.3. The van der Waals surface area contributed by atoms with Crippen LogP contribution in [0.2, 0.25) is 0 Å². The lowest BCUT2D eigenvalue weighted by molar-refractivity contribution is -0.152. The van der Waals surface area contributed by atoms with E-state index in [0.29, 0.717) is 17.6 Å². The van der Waals surface area contributed by atoms with Gasteiger partial charge >= 0.3 is 5.97 Å². The number of carbonyl (C=O) groups is 4. The van der Waals surface area contributed by atoms with Gasteiger partial charge in [0.15, 0.2) is 6.61 Å². The van der Waals surface area contributed by atoms with Crippen molar-refractivity contribution in [3.05, 3.63) is 35.4 Å². The number of carbonyl (C=O) groups excluding carboxylic acids is 4. The molecular formula is C23H30N2O5S. The number of thioether (sulfide) groups is 1. The molecule has 1 fully saturated rings. The van der Waals surface area contributed by atoms with Gasteiger partial charge in [0.05, 0.1) is 11.1 Å². The van der Waals surface area contributed by atoms with E-state index in [2.05, 4.69) is 19.2 Å². The van der Waals surface area contributed by atoms with Crippen molar-refractivity contribution < 1.29 is 23.9 Å². The molecule has 7 nitrogen and oxygen atoms in total. The SMILES string of the molecule is CSCCC(C(=O)OCC(=O)NC1CCCC(C)C1C)N1C(=O)c2ccccc2C1=O. The first-order valence-corrected chi connectivity index (χ1v) is 12.2. The van der Waals surface area contributed by atoms with Crippen molar-refractivity contribution >= 4 is 35.5 Å². The van der Waals surface area contributed by atoms with Gasteiger partial charge < -0.3 is 10.1 Å². The first-order chi connectivity index (χ1) is 14.8. The Bertz CT molecular complexity index is 823. The quantitative estimate of drug-likeness (QED) is 0.488. The van der Waals surface area contributed by atoms with Gasteiger partial charge in [0.25, 0.3) is 17.7 Å². The van der Waals surface area contributed by atoms with Gasteiger partial charge in [-0.15, -0.1) is 0 Å². The molecule has 8 heteroatoms. The van der Waals surface area contributed by atoms with Crippen LogP contribution in [0.25, 0.3) is 0 Å². The smallest absolute Gasteiger partial charge is 0.329 e. The minimum Gasteiger partial charge on any atom is -0.454 e. The first-order valence-electron chi connectivity index (χ1n) is 10.8. The van der Waals surface area contributed by atoms with Crippen LogP contribution >= 0.6 is 11.8 Å². The number of benzene rings is 1. The van der Waals surface area contributed by atoms with Crippen LogP contribution in [0.1, 0.15) is 60.2 Å². The molecule has 0 bridgehead atoms. The van der Waals surface area contributed by atoms with Crippen molar-refractivity contribution in [2.24, 2.45) is 11.8 Å². The lowest BCUT2D eigenvalue weighted by Crippen LogP contribution is -2.48. The minimum absolute atomic E-state index is 0.0680. The van der Waals surface area contributed by atoms with E-state index < -0.39 is 30.4 Å². The second kappa shape index (κ2) is 10.3. The Hall–Kier alpha value is -2.35. The summed E-state index contributed by atoms with van der Waals surface area (Å²) < 4.78 is 5.27. The molecule has 1 aliphatic carbocycles. The van der Waals surface area contributed by atoms with Gasteiger partial charge in [-0.3, -0.25) is 19.3 Å². The topological polar surface area (TPSA) is 92.8 Å². The molecular weight excluding hydrogens is 416 g/mol. The summed E-state index contributed by atoms with van der Waals surface area (Å²) in [6.07, 6.45) is 5.28. The molecule has 2 aliphatic rings. The van der Waals surface area contributed by atoms with E-state index in [9.17, 15) is 19.2 Å². The number of esters is 1. The number of nitrogens with one attached hydrogen (secondary N) is 1. The highest BCUT2D eigenvalue weighted by Gasteiger charge is 2.43. The molecule has 3 amide bonds. The third-order valence-electron chi connectivity index (χ3n) is 6.40. The van der Waals surface area contributed by atoms with Crippen LogP contribution in [0.4, 0.5) is 0 Å². The van der Waals surface area contributed by atoms with Gasteiger partial charge in [-0.05, 0) is 48.8 Å². The van der Waals surface area contributed by atoms with Crippen molar-refractivity contribution in [3.8, 4) is 0 Å². The second-order valence-corrected chi connectivity index (χ2v) is 9.36. The maximum absolute atomic E-state index is 12.8. The average molecular weight is 447 g/mol. The highest BCUT2D eigenvalue weighted by molar-refractivity contribution is 7.98. The third-order valence-corrected chi connectivity index (χ3v) is 7.05. The molecule has 0 spiro atoms. The van der Waals surface area contributed by atoms with Crippen LogP contribution < -0.4 is 5.32 Å². The largest absolute Gasteiger partial charge is 0.454 e. The maximum atomic E-state index is 12.8. The van der Waals surface area contributed by atoms with Gasteiger partial charge in [-0.2, -0.15) is 11.8 Å². The molecule has 168 valence electrons. The van der Waals surface area contributed by atoms with E-state index in [4.69, 9.17) is 4.74 Å². The molecule has 4 unspecified atom stereocenters. The van der Waals surface area contributed by atoms with E-state index >= 15 is 0 Å². The molecule has 4 atom stereocenters. The fraction of sp³-hybridized carbons (Fsp3) is 0.565. The Morgan fingerprint density at radius 3 is 2.42 bits per heavy atom. The fourth-order valence-corrected chi connectivity index (χ4v) is 4.80. The van der Waals surface area contributed by atoms with E-state index in [1.54, 1.807) is 24.3 Å². The number of rotatable bonds is 8. The van der Waals surface area contributed by atoms with Crippen molar-refractivity contribution in [3.63, 3.8) is 0 Å². The van der Waals surface area contributed by atoms with Crippen LogP contribution in [-0.2, 0) is 14.3 Å². The predicted molar refractivity (Wildman–Crippen MR) is 119 cm³/mol. The molecule has 1 aromatic rings. The molecule has 0 saturated heterocycles. The zero-order chi connectivity index (χ0) is 22.5. The van der Waals surface area contributed by atoms with Crippen LogP contribution in [0.15, 0.2) is 24.3 Å². The average Bonchev–Trinajstić information content (AvgIpc) is 3.01. The number of amides is 3. The summed E-state index contributed by atoms with van der Waals surface area (Å²) in [6, 6.07) is 5.53. The van der Waals surface area contributed by atoms with Crippen molar-refractivity contribution in [1.29, 1.82) is 0 Å². The van der Waals surface area contributed by atoms with Gasteiger partial charge in [-0.25, -0.2) is 4.79 Å². The normalized spacial score (nSPS) is 24.0. The summed E-state index contributed by atoms with van der Waals surface area (Å²) in [6.45, 7) is 3.89. The van der Waals surface area contributed by atoms with Gasteiger partial charge in [0, 0.05) is 6.04 Å². The van der Waals surface area contributed by atoms with Crippen LogP contribution in [0, 0.1) is 11.8 Å². The molecule has 0 radical (unpaired) electrons. The zero-order valence-electron chi connectivity index (χ0n) is 18.3. The van der Waals surface area contributed by atoms with Crippen molar-refractivity contribution in [1.82, 2.24) is 10.2 Å². The molecule has 31 heavy (non-hydrogen) atoms. The lowest BCUT2D eigenvalue weighted by atomic mass is 9.78. The molecule has 1 heterocycles. The van der Waals surface area contributed by atoms with E-state index in [0.717, 1.165) is 24.2 Å². The maximum Gasteiger partial charge on any atom is 0.329 e. The summed E-state index contributed by atoms with van der Waals surface area (Å²) in [5.74, 6) is -0.630. The number of nitrogens with zero attached hydrogens (tertiary/aromatic N) is 1. The minimum atomic E-state index is -1.05. The van der Waals surface area contributed by atoms with Crippen LogP contribution in [-0.4, -0.2) is 59.3 Å². The molecule has 1 aromatic carbocycles. The Kier molecular flexibility index (Phi) is 7.75. The van der Waals surface area contributed by atoms with Gasteiger partial charge in [0.1, 0.15) is 6.04 Å². The highest BCUT2D eigenvalue weighted by Crippen LogP contribution is 2.29. The van der Waals surface area contributed by atoms with Gasteiger partial charge in [0.2, 0.25) is 0 Å². The van der Waals surface area contributed by atoms with Crippen molar-refractivity contribution in [2.45, 2.75) is 51.6 Å². The number of hydrogen-bond acceptors (Lipinski definition) is 6. The molecule has 1 N–H and O–H groups in total. The molecule has 3 rings (SSSR count). The summed E-state index contributed by atoms with van der Waals surface area (Å²) in [4.78, 5) is 51.8. The van der Waals surface area contributed by atoms with Gasteiger partial charge in [-0.1, -0.05) is 38.8 Å². The Morgan fingerprint density at radius 2 is 1.81 bits per heavy atom. The summed E-state index contributed by atoms with van der Waals surface area (Å²) in [7, 11) is 0. The highest BCUT2D eigenvalue weighted by atomic mass is 32.2. The summed E-state index contributed by atoms with van der Waals surface area (Å²) in [5, 5.41) is 2.97. The monoisotopic (exact) mass is 446 g/mol. The van der Waals surface area contributed by atoms with Crippen LogP contribution in [0.5, 0.6) is 0 Å². The number of imide groups is 1.